The van der Waals surface area contributed by atoms with E-state index in [-0.39, 0.29) is 5.41 Å². The van der Waals surface area contributed by atoms with E-state index in [0.29, 0.717) is 5.92 Å². The molecular weight excluding hydrogens is 308 g/mol. The highest BCUT2D eigenvalue weighted by Gasteiger charge is 2.32. The molecule has 0 amide bonds. The van der Waals surface area contributed by atoms with E-state index >= 15 is 0 Å². The van der Waals surface area contributed by atoms with Gasteiger partial charge in [0, 0.05) is 12.0 Å². The van der Waals surface area contributed by atoms with Crippen molar-refractivity contribution in [3.8, 4) is 11.5 Å². The second-order valence-corrected chi connectivity index (χ2v) is 7.59. The first-order valence-corrected chi connectivity index (χ1v) is 8.85. The molecule has 2 aromatic carbocycles. The van der Waals surface area contributed by atoms with Crippen molar-refractivity contribution in [3.63, 3.8) is 0 Å². The maximum absolute atomic E-state index is 6.29. The summed E-state index contributed by atoms with van der Waals surface area (Å²) in [6.45, 7) is 8.81. The van der Waals surface area contributed by atoms with E-state index in [0.717, 1.165) is 35.0 Å². The van der Waals surface area contributed by atoms with Gasteiger partial charge in [-0.05, 0) is 41.7 Å². The van der Waals surface area contributed by atoms with Gasteiger partial charge in [0.05, 0.1) is 0 Å². The van der Waals surface area contributed by atoms with Crippen LogP contribution in [0.3, 0.4) is 0 Å². The quantitative estimate of drug-likeness (QED) is 0.647. The van der Waals surface area contributed by atoms with Crippen LogP contribution >= 0.6 is 0 Å². The molecule has 0 N–H and O–H groups in total. The van der Waals surface area contributed by atoms with Crippen LogP contribution in [0.4, 0.5) is 0 Å². The summed E-state index contributed by atoms with van der Waals surface area (Å²) in [5.41, 5.74) is 1.06. The number of ether oxygens (including phenoxy) is 2. The van der Waals surface area contributed by atoms with Gasteiger partial charge in [0.2, 0.25) is 0 Å². The number of para-hydroxylation sites is 2. The minimum atomic E-state index is -0.0785. The molecule has 0 aliphatic heterocycles. The van der Waals surface area contributed by atoms with Crippen molar-refractivity contribution in [1.29, 1.82) is 0 Å². The monoisotopic (exact) mass is 334 g/mol. The summed E-state index contributed by atoms with van der Waals surface area (Å²) < 4.78 is 12.5. The Kier molecular flexibility index (Phi) is 4.98. The number of hydrogen-bond donors (Lipinski definition) is 0. The fraction of sp³-hybridized carbons (Fsp3) is 0.304. The maximum Gasteiger partial charge on any atom is 0.130 e. The van der Waals surface area contributed by atoms with E-state index in [2.05, 4.69) is 33.8 Å². The van der Waals surface area contributed by atoms with Crippen LogP contribution in [0.2, 0.25) is 0 Å². The molecule has 0 fully saturated rings. The second-order valence-electron chi connectivity index (χ2n) is 7.59. The molecule has 0 saturated carbocycles. The predicted octanol–water partition coefficient (Wildman–Crippen LogP) is 6.37. The van der Waals surface area contributed by atoms with E-state index in [1.807, 2.05) is 60.7 Å². The van der Waals surface area contributed by atoms with Gasteiger partial charge in [-0.25, -0.2) is 0 Å². The van der Waals surface area contributed by atoms with E-state index in [1.54, 1.807) is 0 Å². The smallest absolute Gasteiger partial charge is 0.130 e. The van der Waals surface area contributed by atoms with E-state index in [4.69, 9.17) is 9.47 Å². The zero-order chi connectivity index (χ0) is 17.9. The van der Waals surface area contributed by atoms with Gasteiger partial charge in [-0.3, -0.25) is 0 Å². The Morgan fingerprint density at radius 3 is 1.84 bits per heavy atom. The molecule has 1 atom stereocenters. The summed E-state index contributed by atoms with van der Waals surface area (Å²) >= 11 is 0. The molecule has 25 heavy (non-hydrogen) atoms. The Morgan fingerprint density at radius 1 is 0.800 bits per heavy atom. The average molecular weight is 334 g/mol. The molecule has 1 aliphatic rings. The van der Waals surface area contributed by atoms with E-state index < -0.39 is 0 Å². The highest BCUT2D eigenvalue weighted by molar-refractivity contribution is 5.42. The Bertz CT molecular complexity index is 765. The van der Waals surface area contributed by atoms with Crippen LogP contribution in [0.1, 0.15) is 34.1 Å². The molecule has 0 aromatic heterocycles. The van der Waals surface area contributed by atoms with Crippen molar-refractivity contribution in [2.45, 2.75) is 34.1 Å². The zero-order valence-electron chi connectivity index (χ0n) is 15.5. The topological polar surface area (TPSA) is 18.5 Å². The highest BCUT2D eigenvalue weighted by Crippen LogP contribution is 2.41. The summed E-state index contributed by atoms with van der Waals surface area (Å²) in [4.78, 5) is 0. The molecule has 0 heterocycles. The fourth-order valence-corrected chi connectivity index (χ4v) is 3.14. The zero-order valence-corrected chi connectivity index (χ0v) is 15.5. The average Bonchev–Trinajstić information content (AvgIpc) is 2.55. The number of benzene rings is 2. The SMILES string of the molecule is CC1C=C(Oc2ccccc2)C(C(C)(C)C)=C(Oc2ccccc2)C1. The lowest BCUT2D eigenvalue weighted by atomic mass is 9.79. The Morgan fingerprint density at radius 2 is 1.32 bits per heavy atom. The molecule has 1 aliphatic carbocycles. The highest BCUT2D eigenvalue weighted by atomic mass is 16.5. The molecule has 0 radical (unpaired) electrons. The van der Waals surface area contributed by atoms with Crippen LogP contribution in [-0.2, 0) is 0 Å². The summed E-state index contributed by atoms with van der Waals surface area (Å²) in [5, 5.41) is 0. The summed E-state index contributed by atoms with van der Waals surface area (Å²) in [6.07, 6.45) is 3.09. The van der Waals surface area contributed by atoms with Gasteiger partial charge in [-0.15, -0.1) is 0 Å². The molecule has 130 valence electrons. The third-order valence-corrected chi connectivity index (χ3v) is 4.17. The lowest BCUT2D eigenvalue weighted by Crippen LogP contribution is -2.23. The lowest BCUT2D eigenvalue weighted by Gasteiger charge is -2.32. The predicted molar refractivity (Wildman–Crippen MR) is 102 cm³/mol. The van der Waals surface area contributed by atoms with Crippen molar-refractivity contribution in [3.05, 3.63) is 83.8 Å². The van der Waals surface area contributed by atoms with Crippen LogP contribution < -0.4 is 9.47 Å². The summed E-state index contributed by atoms with van der Waals surface area (Å²) in [5.74, 6) is 3.99. The molecule has 0 spiro atoms. The van der Waals surface area contributed by atoms with E-state index in [9.17, 15) is 0 Å². The van der Waals surface area contributed by atoms with Crippen molar-refractivity contribution in [1.82, 2.24) is 0 Å². The first-order valence-electron chi connectivity index (χ1n) is 8.85. The van der Waals surface area contributed by atoms with Crippen molar-refractivity contribution < 1.29 is 9.47 Å². The minimum Gasteiger partial charge on any atom is -0.461 e. The van der Waals surface area contributed by atoms with Crippen molar-refractivity contribution >= 4 is 0 Å². The van der Waals surface area contributed by atoms with Gasteiger partial charge in [-0.2, -0.15) is 0 Å². The minimum absolute atomic E-state index is 0.0785. The first-order chi connectivity index (χ1) is 11.9. The maximum atomic E-state index is 6.29. The molecule has 1 unspecified atom stereocenters. The van der Waals surface area contributed by atoms with Crippen LogP contribution in [0.15, 0.2) is 83.8 Å². The Labute approximate surface area is 150 Å². The van der Waals surface area contributed by atoms with Gasteiger partial charge < -0.3 is 9.47 Å². The third kappa shape index (κ3) is 4.33. The number of hydrogen-bond acceptors (Lipinski definition) is 2. The van der Waals surface area contributed by atoms with Gasteiger partial charge >= 0.3 is 0 Å². The van der Waals surface area contributed by atoms with Crippen LogP contribution in [-0.4, -0.2) is 0 Å². The van der Waals surface area contributed by atoms with E-state index in [1.165, 1.54) is 0 Å². The molecule has 0 saturated heterocycles. The molecule has 2 nitrogen and oxygen atoms in total. The lowest BCUT2D eigenvalue weighted by molar-refractivity contribution is 0.315. The molecule has 2 heteroatoms. The number of allylic oxidation sites excluding steroid dienone is 3. The first kappa shape index (κ1) is 17.3. The third-order valence-electron chi connectivity index (χ3n) is 4.17. The Balaban J connectivity index is 1.99. The molecule has 2 aromatic rings. The van der Waals surface area contributed by atoms with Crippen molar-refractivity contribution in [2.75, 3.05) is 0 Å². The van der Waals surface area contributed by atoms with Gasteiger partial charge in [0.1, 0.15) is 23.0 Å². The van der Waals surface area contributed by atoms with Crippen LogP contribution in [0.25, 0.3) is 0 Å². The normalized spacial score (nSPS) is 17.9. The molecule has 0 bridgehead atoms. The van der Waals surface area contributed by atoms with Gasteiger partial charge in [0.15, 0.2) is 0 Å². The summed E-state index contributed by atoms with van der Waals surface area (Å²) in [7, 11) is 0. The standard InChI is InChI=1S/C23H26O2/c1-17-15-20(24-18-11-7-5-8-12-18)22(23(2,3)4)21(16-17)25-19-13-9-6-10-14-19/h5-15,17H,16H2,1-4H3. The Hall–Kier alpha value is -2.48. The number of rotatable bonds is 4. The van der Waals surface area contributed by atoms with Crippen LogP contribution in [0.5, 0.6) is 11.5 Å². The molecular formula is C23H26O2. The fourth-order valence-electron chi connectivity index (χ4n) is 3.14. The van der Waals surface area contributed by atoms with Crippen molar-refractivity contribution in [2.24, 2.45) is 11.3 Å². The van der Waals surface area contributed by atoms with Gasteiger partial charge in [-0.1, -0.05) is 64.1 Å². The largest absolute Gasteiger partial charge is 0.461 e. The second kappa shape index (κ2) is 7.18. The summed E-state index contributed by atoms with van der Waals surface area (Å²) in [6, 6.07) is 19.9. The molecule has 3 rings (SSSR count). The van der Waals surface area contributed by atoms with Crippen LogP contribution in [0, 0.1) is 11.3 Å². The van der Waals surface area contributed by atoms with Gasteiger partial charge in [0.25, 0.3) is 0 Å².